The molecule has 0 atom stereocenters. The molecule has 1 spiro atoms. The largest absolute Gasteiger partial charge is 0.324 e. The van der Waals surface area contributed by atoms with E-state index in [2.05, 4.69) is 43.3 Å². The number of benzene rings is 1. The van der Waals surface area contributed by atoms with E-state index in [9.17, 15) is 8.42 Å². The first kappa shape index (κ1) is 23.4. The van der Waals surface area contributed by atoms with Gasteiger partial charge in [-0.2, -0.15) is 14.4 Å². The third-order valence-corrected chi connectivity index (χ3v) is 9.78. The van der Waals surface area contributed by atoms with Gasteiger partial charge in [0.1, 0.15) is 11.5 Å². The van der Waals surface area contributed by atoms with Gasteiger partial charge in [-0.1, -0.05) is 19.3 Å². The van der Waals surface area contributed by atoms with Crippen molar-refractivity contribution in [3.05, 3.63) is 36.5 Å². The fourth-order valence-corrected chi connectivity index (χ4v) is 7.13. The Bertz CT molecular complexity index is 1420. The van der Waals surface area contributed by atoms with Gasteiger partial charge in [0.25, 0.3) is 0 Å². The predicted octanol–water partition coefficient (Wildman–Crippen LogP) is 3.57. The van der Waals surface area contributed by atoms with Gasteiger partial charge < -0.3 is 10.2 Å². The average molecular weight is 509 g/mol. The lowest BCUT2D eigenvalue weighted by atomic mass is 9.78. The normalized spacial score (nSPS) is 20.7. The van der Waals surface area contributed by atoms with Crippen LogP contribution in [0.15, 0.2) is 46.5 Å². The number of hydrogen-bond acceptors (Lipinski definition) is 8. The maximum atomic E-state index is 13.0. The molecule has 3 aliphatic rings. The van der Waals surface area contributed by atoms with Gasteiger partial charge in [0.2, 0.25) is 16.0 Å². The van der Waals surface area contributed by atoms with Crippen molar-refractivity contribution < 1.29 is 8.42 Å². The van der Waals surface area contributed by atoms with Crippen LogP contribution in [-0.4, -0.2) is 71.1 Å². The molecular formula is C25H32N8O2S. The molecule has 6 rings (SSSR count). The van der Waals surface area contributed by atoms with Crippen molar-refractivity contribution in [2.75, 3.05) is 44.0 Å². The van der Waals surface area contributed by atoms with Gasteiger partial charge in [0.05, 0.1) is 16.1 Å². The first-order valence-corrected chi connectivity index (χ1v) is 14.1. The third-order valence-electron chi connectivity index (χ3n) is 7.87. The Hall–Kier alpha value is -3.02. The Kier molecular flexibility index (Phi) is 5.73. The summed E-state index contributed by atoms with van der Waals surface area (Å²) in [5.41, 5.74) is 5.75. The van der Waals surface area contributed by atoms with E-state index in [1.807, 2.05) is 13.2 Å². The molecule has 4 heterocycles. The van der Waals surface area contributed by atoms with Gasteiger partial charge in [-0.3, -0.25) is 9.99 Å². The lowest BCUT2D eigenvalue weighted by molar-refractivity contribution is 0.222. The summed E-state index contributed by atoms with van der Waals surface area (Å²) in [4.78, 5) is 11.9. The van der Waals surface area contributed by atoms with Crippen LogP contribution < -0.4 is 10.7 Å². The Morgan fingerprint density at radius 3 is 2.47 bits per heavy atom. The SMILES string of the molecule is CC1=NNc2cc3cnc(Nc4ccc(S(=O)(=O)N5CCN(C)CC5)cc4)nc3n2C12CCCCC2. The molecule has 2 aromatic heterocycles. The molecule has 0 bridgehead atoms. The lowest BCUT2D eigenvalue weighted by Gasteiger charge is -2.42. The van der Waals surface area contributed by atoms with E-state index in [4.69, 9.17) is 4.98 Å². The highest BCUT2D eigenvalue weighted by atomic mass is 32.2. The Labute approximate surface area is 211 Å². The van der Waals surface area contributed by atoms with Crippen LogP contribution in [0.4, 0.5) is 17.5 Å². The van der Waals surface area contributed by atoms with Crippen molar-refractivity contribution in [1.82, 2.24) is 23.7 Å². The van der Waals surface area contributed by atoms with Crippen molar-refractivity contribution in [1.29, 1.82) is 0 Å². The molecule has 36 heavy (non-hydrogen) atoms. The number of nitrogens with one attached hydrogen (secondary N) is 2. The summed E-state index contributed by atoms with van der Waals surface area (Å²) in [6.07, 6.45) is 7.53. The molecule has 0 radical (unpaired) electrons. The van der Waals surface area contributed by atoms with E-state index in [0.29, 0.717) is 23.9 Å². The first-order valence-electron chi connectivity index (χ1n) is 12.6. The molecule has 1 saturated carbocycles. The maximum Gasteiger partial charge on any atom is 0.243 e. The average Bonchev–Trinajstić information content (AvgIpc) is 3.27. The van der Waals surface area contributed by atoms with Crippen LogP contribution in [0.25, 0.3) is 11.0 Å². The smallest absolute Gasteiger partial charge is 0.243 e. The molecule has 2 fully saturated rings. The molecule has 1 aromatic carbocycles. The highest BCUT2D eigenvalue weighted by Gasteiger charge is 2.41. The van der Waals surface area contributed by atoms with Crippen molar-refractivity contribution in [2.45, 2.75) is 49.5 Å². The summed E-state index contributed by atoms with van der Waals surface area (Å²) in [5, 5.41) is 8.85. The second-order valence-electron chi connectivity index (χ2n) is 10.1. The van der Waals surface area contributed by atoms with Crippen molar-refractivity contribution in [3.63, 3.8) is 0 Å². The van der Waals surface area contributed by atoms with Crippen LogP contribution in [-0.2, 0) is 15.6 Å². The molecule has 10 nitrogen and oxygen atoms in total. The van der Waals surface area contributed by atoms with Crippen molar-refractivity contribution >= 4 is 44.2 Å². The Balaban J connectivity index is 1.27. The number of anilines is 3. The fourth-order valence-electron chi connectivity index (χ4n) is 5.71. The van der Waals surface area contributed by atoms with Crippen LogP contribution in [0.3, 0.4) is 0 Å². The molecule has 2 N–H and O–H groups in total. The van der Waals surface area contributed by atoms with Crippen LogP contribution in [0.1, 0.15) is 39.0 Å². The molecular weight excluding hydrogens is 476 g/mol. The molecule has 190 valence electrons. The van der Waals surface area contributed by atoms with Gasteiger partial charge in [-0.05, 0) is 57.1 Å². The molecule has 2 aliphatic heterocycles. The summed E-state index contributed by atoms with van der Waals surface area (Å²) >= 11 is 0. The zero-order chi connectivity index (χ0) is 24.9. The van der Waals surface area contributed by atoms with Crippen LogP contribution >= 0.6 is 0 Å². The molecule has 0 amide bonds. The molecule has 11 heteroatoms. The van der Waals surface area contributed by atoms with Crippen LogP contribution in [0.5, 0.6) is 0 Å². The predicted molar refractivity (Wildman–Crippen MR) is 141 cm³/mol. The number of fused-ring (bicyclic) bond motifs is 4. The topological polar surface area (TPSA) is 108 Å². The van der Waals surface area contributed by atoms with Gasteiger partial charge in [0, 0.05) is 43.4 Å². The second kappa shape index (κ2) is 8.82. The van der Waals surface area contributed by atoms with Gasteiger partial charge in [0.15, 0.2) is 0 Å². The minimum atomic E-state index is -3.50. The van der Waals surface area contributed by atoms with Crippen molar-refractivity contribution in [2.24, 2.45) is 5.10 Å². The molecule has 1 saturated heterocycles. The number of piperazine rings is 1. The molecule has 0 unspecified atom stereocenters. The lowest BCUT2D eigenvalue weighted by Crippen LogP contribution is -2.46. The Morgan fingerprint density at radius 2 is 1.75 bits per heavy atom. The summed E-state index contributed by atoms with van der Waals surface area (Å²) in [5.74, 6) is 1.42. The van der Waals surface area contributed by atoms with E-state index in [0.717, 1.165) is 54.2 Å². The first-order chi connectivity index (χ1) is 17.4. The monoisotopic (exact) mass is 508 g/mol. The number of aromatic nitrogens is 3. The van der Waals surface area contributed by atoms with E-state index < -0.39 is 10.0 Å². The minimum absolute atomic E-state index is 0.147. The number of sulfonamides is 1. The number of hydrazone groups is 1. The van der Waals surface area contributed by atoms with E-state index in [1.165, 1.54) is 19.3 Å². The minimum Gasteiger partial charge on any atom is -0.324 e. The summed E-state index contributed by atoms with van der Waals surface area (Å²) in [6.45, 7) is 4.60. The zero-order valence-electron chi connectivity index (χ0n) is 20.7. The fraction of sp³-hybridized carbons (Fsp3) is 0.480. The summed E-state index contributed by atoms with van der Waals surface area (Å²) < 4.78 is 29.9. The summed E-state index contributed by atoms with van der Waals surface area (Å²) in [7, 11) is -1.49. The quantitative estimate of drug-likeness (QED) is 0.555. The molecule has 3 aromatic rings. The summed E-state index contributed by atoms with van der Waals surface area (Å²) in [6, 6.07) is 8.89. The van der Waals surface area contributed by atoms with Gasteiger partial charge in [-0.15, -0.1) is 0 Å². The number of likely N-dealkylation sites (N-methyl/N-ethyl adjacent to an activating group) is 1. The van der Waals surface area contributed by atoms with E-state index >= 15 is 0 Å². The van der Waals surface area contributed by atoms with Gasteiger partial charge >= 0.3 is 0 Å². The third kappa shape index (κ3) is 3.86. The zero-order valence-corrected chi connectivity index (χ0v) is 21.6. The van der Waals surface area contributed by atoms with Crippen LogP contribution in [0, 0.1) is 0 Å². The van der Waals surface area contributed by atoms with Crippen molar-refractivity contribution in [3.8, 4) is 0 Å². The van der Waals surface area contributed by atoms with Gasteiger partial charge in [-0.25, -0.2) is 13.4 Å². The maximum absolute atomic E-state index is 13.0. The highest BCUT2D eigenvalue weighted by Crippen LogP contribution is 2.43. The van der Waals surface area contributed by atoms with E-state index in [-0.39, 0.29) is 5.54 Å². The number of hydrogen-bond donors (Lipinski definition) is 2. The highest BCUT2D eigenvalue weighted by molar-refractivity contribution is 7.89. The second-order valence-corrected chi connectivity index (χ2v) is 12.0. The standard InChI is InChI=1S/C25H32N8O2S/c1-18-25(10-4-3-5-11-25)33-22(30-29-18)16-19-17-26-24(28-23(19)33)27-20-6-8-21(9-7-20)36(34,35)32-14-12-31(2)13-15-32/h6-9,16-17,30H,3-5,10-15H2,1-2H3,(H,26,27,28). The number of nitrogens with zero attached hydrogens (tertiary/aromatic N) is 6. The molecule has 1 aliphatic carbocycles. The number of rotatable bonds is 4. The van der Waals surface area contributed by atoms with E-state index in [1.54, 1.807) is 28.6 Å². The van der Waals surface area contributed by atoms with Crippen LogP contribution in [0.2, 0.25) is 0 Å². The Morgan fingerprint density at radius 1 is 1.03 bits per heavy atom.